The molecule has 0 heterocycles. The number of halogens is 1. The van der Waals surface area contributed by atoms with Crippen molar-refractivity contribution in [2.24, 2.45) is 5.92 Å². The largest absolute Gasteiger partial charge is 0.478 e. The van der Waals surface area contributed by atoms with E-state index >= 15 is 0 Å². The van der Waals surface area contributed by atoms with Crippen LogP contribution in [0.25, 0.3) is 0 Å². The highest BCUT2D eigenvalue weighted by molar-refractivity contribution is 9.10. The van der Waals surface area contributed by atoms with Crippen LogP contribution in [-0.4, -0.2) is 37.4 Å². The van der Waals surface area contributed by atoms with Crippen molar-refractivity contribution in [3.8, 4) is 0 Å². The Kier molecular flexibility index (Phi) is 5.73. The maximum atomic E-state index is 12.3. The molecule has 0 aromatic heterocycles. The van der Waals surface area contributed by atoms with E-state index in [1.54, 1.807) is 0 Å². The van der Waals surface area contributed by atoms with E-state index in [0.717, 1.165) is 6.42 Å². The second-order valence-corrected chi connectivity index (χ2v) is 7.86. The van der Waals surface area contributed by atoms with Gasteiger partial charge in [0, 0.05) is 18.1 Å². The molecule has 7 heteroatoms. The number of hydrogen-bond acceptors (Lipinski definition) is 3. The Morgan fingerprint density at radius 2 is 2.00 bits per heavy atom. The number of rotatable bonds is 6. The summed E-state index contributed by atoms with van der Waals surface area (Å²) in [6.07, 6.45) is 0.748. The molecule has 5 nitrogen and oxygen atoms in total. The van der Waals surface area contributed by atoms with Gasteiger partial charge in [-0.25, -0.2) is 17.5 Å². The highest BCUT2D eigenvalue weighted by Gasteiger charge is 2.22. The predicted molar refractivity (Wildman–Crippen MR) is 80.4 cm³/mol. The predicted octanol–water partition coefficient (Wildman–Crippen LogP) is 2.81. The minimum atomic E-state index is -3.66. The summed E-state index contributed by atoms with van der Waals surface area (Å²) >= 11 is 3.10. The summed E-state index contributed by atoms with van der Waals surface area (Å²) in [6.45, 7) is 4.43. The molecule has 0 amide bonds. The van der Waals surface area contributed by atoms with Crippen molar-refractivity contribution in [2.45, 2.75) is 25.2 Å². The van der Waals surface area contributed by atoms with E-state index < -0.39 is 16.0 Å². The van der Waals surface area contributed by atoms with Crippen LogP contribution in [0.15, 0.2) is 27.6 Å². The van der Waals surface area contributed by atoms with Gasteiger partial charge in [-0.05, 0) is 46.5 Å². The molecule has 0 aliphatic carbocycles. The summed E-state index contributed by atoms with van der Waals surface area (Å²) in [5.74, 6) is -0.772. The zero-order valence-electron chi connectivity index (χ0n) is 11.6. The zero-order chi connectivity index (χ0) is 15.5. The first-order valence-electron chi connectivity index (χ1n) is 6.15. The van der Waals surface area contributed by atoms with E-state index in [0.29, 0.717) is 16.9 Å². The number of aromatic carboxylic acids is 1. The first-order chi connectivity index (χ1) is 9.16. The molecule has 20 heavy (non-hydrogen) atoms. The number of sulfonamides is 1. The lowest BCUT2D eigenvalue weighted by molar-refractivity contribution is 0.0695. The van der Waals surface area contributed by atoms with Crippen molar-refractivity contribution in [3.63, 3.8) is 0 Å². The quantitative estimate of drug-likeness (QED) is 0.842. The standard InChI is InChI=1S/C13H18BrNO4S/c1-9(2)6-7-15(3)20(18,19)10-4-5-12(14)11(8-10)13(16)17/h4-5,8-9H,6-7H2,1-3H3,(H,16,17). The van der Waals surface area contributed by atoms with Crippen molar-refractivity contribution in [1.29, 1.82) is 0 Å². The van der Waals surface area contributed by atoms with Gasteiger partial charge >= 0.3 is 5.97 Å². The molecular formula is C13H18BrNO4S. The van der Waals surface area contributed by atoms with Crippen LogP contribution in [0.2, 0.25) is 0 Å². The molecule has 0 saturated heterocycles. The summed E-state index contributed by atoms with van der Waals surface area (Å²) in [4.78, 5) is 11.0. The fourth-order valence-corrected chi connectivity index (χ4v) is 3.20. The van der Waals surface area contributed by atoms with Crippen LogP contribution < -0.4 is 0 Å². The fraction of sp³-hybridized carbons (Fsp3) is 0.462. The molecule has 1 aromatic carbocycles. The Balaban J connectivity index is 3.09. The Bertz CT molecular complexity index is 598. The molecular weight excluding hydrogens is 346 g/mol. The maximum absolute atomic E-state index is 12.3. The molecule has 0 atom stereocenters. The van der Waals surface area contributed by atoms with Crippen LogP contribution in [0, 0.1) is 5.92 Å². The van der Waals surface area contributed by atoms with Crippen LogP contribution in [0.5, 0.6) is 0 Å². The topological polar surface area (TPSA) is 74.7 Å². The lowest BCUT2D eigenvalue weighted by Gasteiger charge is -2.18. The third-order valence-electron chi connectivity index (χ3n) is 2.90. The number of hydrogen-bond donors (Lipinski definition) is 1. The highest BCUT2D eigenvalue weighted by Crippen LogP contribution is 2.23. The molecule has 0 aliphatic rings. The summed E-state index contributed by atoms with van der Waals surface area (Å²) in [5.41, 5.74) is -0.0664. The molecule has 0 aliphatic heterocycles. The molecule has 1 aromatic rings. The summed E-state index contributed by atoms with van der Waals surface area (Å²) in [6, 6.07) is 4.01. The Labute approximate surface area is 127 Å². The molecule has 112 valence electrons. The molecule has 1 N–H and O–H groups in total. The van der Waals surface area contributed by atoms with E-state index in [9.17, 15) is 13.2 Å². The molecule has 1 rings (SSSR count). The third-order valence-corrected chi connectivity index (χ3v) is 5.44. The van der Waals surface area contributed by atoms with Gasteiger partial charge in [-0.2, -0.15) is 0 Å². The van der Waals surface area contributed by atoms with Gasteiger partial charge in [0.05, 0.1) is 10.5 Å². The highest BCUT2D eigenvalue weighted by atomic mass is 79.9. The maximum Gasteiger partial charge on any atom is 0.336 e. The minimum Gasteiger partial charge on any atom is -0.478 e. The third kappa shape index (κ3) is 4.04. The normalized spacial score (nSPS) is 12.1. The summed E-state index contributed by atoms with van der Waals surface area (Å²) in [5, 5.41) is 9.03. The minimum absolute atomic E-state index is 0.00986. The molecule has 0 radical (unpaired) electrons. The van der Waals surface area contributed by atoms with Gasteiger partial charge in [0.1, 0.15) is 0 Å². The lowest BCUT2D eigenvalue weighted by atomic mass is 10.1. The van der Waals surface area contributed by atoms with Crippen molar-refractivity contribution >= 4 is 31.9 Å². The average molecular weight is 364 g/mol. The monoisotopic (exact) mass is 363 g/mol. The van der Waals surface area contributed by atoms with E-state index in [1.807, 2.05) is 13.8 Å². The van der Waals surface area contributed by atoms with Gasteiger partial charge in [-0.1, -0.05) is 13.8 Å². The average Bonchev–Trinajstić information content (AvgIpc) is 2.35. The Morgan fingerprint density at radius 3 is 2.50 bits per heavy atom. The molecule has 0 fully saturated rings. The number of benzene rings is 1. The molecule has 0 unspecified atom stereocenters. The van der Waals surface area contributed by atoms with Crippen LogP contribution in [-0.2, 0) is 10.0 Å². The van der Waals surface area contributed by atoms with Crippen molar-refractivity contribution < 1.29 is 18.3 Å². The van der Waals surface area contributed by atoms with E-state index in [1.165, 1.54) is 29.6 Å². The van der Waals surface area contributed by atoms with Crippen molar-refractivity contribution in [3.05, 3.63) is 28.2 Å². The zero-order valence-corrected chi connectivity index (χ0v) is 14.0. The van der Waals surface area contributed by atoms with Gasteiger partial charge in [-0.15, -0.1) is 0 Å². The van der Waals surface area contributed by atoms with Gasteiger partial charge in [0.25, 0.3) is 0 Å². The molecule has 0 saturated carbocycles. The van der Waals surface area contributed by atoms with Crippen LogP contribution in [0.3, 0.4) is 0 Å². The SMILES string of the molecule is CC(C)CCN(C)S(=O)(=O)c1ccc(Br)c(C(=O)O)c1. The van der Waals surface area contributed by atoms with Gasteiger partial charge in [0.2, 0.25) is 10.0 Å². The molecule has 0 spiro atoms. The lowest BCUT2D eigenvalue weighted by Crippen LogP contribution is -2.28. The van der Waals surface area contributed by atoms with Crippen molar-refractivity contribution in [1.82, 2.24) is 4.31 Å². The second-order valence-electron chi connectivity index (χ2n) is 4.96. The number of carboxylic acids is 1. The van der Waals surface area contributed by atoms with Crippen LogP contribution in [0.4, 0.5) is 0 Å². The second kappa shape index (κ2) is 6.69. The Hall–Kier alpha value is -0.920. The number of nitrogens with zero attached hydrogens (tertiary/aromatic N) is 1. The van der Waals surface area contributed by atoms with Crippen LogP contribution >= 0.6 is 15.9 Å². The van der Waals surface area contributed by atoms with Gasteiger partial charge < -0.3 is 5.11 Å². The van der Waals surface area contributed by atoms with E-state index in [4.69, 9.17) is 5.11 Å². The molecule has 0 bridgehead atoms. The van der Waals surface area contributed by atoms with Gasteiger partial charge in [0.15, 0.2) is 0 Å². The number of carboxylic acid groups (broad SMARTS) is 1. The van der Waals surface area contributed by atoms with Crippen molar-refractivity contribution in [2.75, 3.05) is 13.6 Å². The fourth-order valence-electron chi connectivity index (χ4n) is 1.57. The summed E-state index contributed by atoms with van der Waals surface area (Å²) in [7, 11) is -2.16. The number of carbonyl (C=O) groups is 1. The van der Waals surface area contributed by atoms with E-state index in [-0.39, 0.29) is 10.5 Å². The van der Waals surface area contributed by atoms with Gasteiger partial charge in [-0.3, -0.25) is 0 Å². The summed E-state index contributed by atoms with van der Waals surface area (Å²) < 4.78 is 26.3. The first-order valence-corrected chi connectivity index (χ1v) is 8.38. The Morgan fingerprint density at radius 1 is 1.40 bits per heavy atom. The smallest absolute Gasteiger partial charge is 0.336 e. The van der Waals surface area contributed by atoms with E-state index in [2.05, 4.69) is 15.9 Å². The first kappa shape index (κ1) is 17.1. The van der Waals surface area contributed by atoms with Crippen LogP contribution in [0.1, 0.15) is 30.6 Å².